The average Bonchev–Trinajstić information content (AvgIpc) is 3.17. The van der Waals surface area contributed by atoms with Crippen LogP contribution in [0.4, 0.5) is 0 Å². The van der Waals surface area contributed by atoms with E-state index in [4.69, 9.17) is 14.2 Å². The summed E-state index contributed by atoms with van der Waals surface area (Å²) >= 11 is 0. The molecule has 4 atom stereocenters. The summed E-state index contributed by atoms with van der Waals surface area (Å²) in [5.74, 6) is -2.37. The van der Waals surface area contributed by atoms with Crippen molar-refractivity contribution in [2.24, 2.45) is 5.92 Å². The lowest BCUT2D eigenvalue weighted by atomic mass is 10.1. The van der Waals surface area contributed by atoms with Gasteiger partial charge in [0.15, 0.2) is 6.10 Å². The topological polar surface area (TPSA) is 99.1 Å². The van der Waals surface area contributed by atoms with Crippen LogP contribution in [0.15, 0.2) is 91.0 Å². The van der Waals surface area contributed by atoms with Crippen molar-refractivity contribution in [1.29, 1.82) is 0 Å². The molecule has 4 rings (SSSR count). The fourth-order valence-electron chi connectivity index (χ4n) is 3.91. The number of benzene rings is 3. The number of rotatable bonds is 7. The number of ether oxygens (including phenoxy) is 3. The summed E-state index contributed by atoms with van der Waals surface area (Å²) in [5.41, 5.74) is 1.00. The molecule has 174 valence electrons. The molecule has 0 spiro atoms. The van der Waals surface area contributed by atoms with Crippen LogP contribution in [0, 0.1) is 5.92 Å². The Morgan fingerprint density at radius 2 is 1.06 bits per heavy atom. The maximum atomic E-state index is 12.8. The monoisotopic (exact) mass is 460 g/mol. The Bertz CT molecular complexity index is 1120. The molecule has 34 heavy (non-hydrogen) atoms. The van der Waals surface area contributed by atoms with Crippen molar-refractivity contribution < 1.29 is 33.7 Å². The Morgan fingerprint density at radius 1 is 0.647 bits per heavy atom. The van der Waals surface area contributed by atoms with Crippen molar-refractivity contribution in [2.45, 2.75) is 24.7 Å². The van der Waals surface area contributed by atoms with E-state index in [1.807, 2.05) is 0 Å². The third-order valence-electron chi connectivity index (χ3n) is 5.66. The quantitative estimate of drug-likeness (QED) is 0.424. The normalized spacial score (nSPS) is 21.4. The zero-order valence-corrected chi connectivity index (χ0v) is 18.3. The van der Waals surface area contributed by atoms with E-state index >= 15 is 0 Å². The standard InChI is InChI=1S/C27H24O7/c28-22-16-21(17-32-25(29)18-10-4-1-5-11-18)23(33-26(30)19-12-6-2-7-13-19)24(22)34-27(31)20-14-8-3-9-15-20/h1-15,21-24,28H,16-17H2/t21-,22+,23+,24?/m1/s1. The first-order valence-corrected chi connectivity index (χ1v) is 10.9. The van der Waals surface area contributed by atoms with Gasteiger partial charge in [-0.2, -0.15) is 0 Å². The molecule has 0 heterocycles. The second kappa shape index (κ2) is 10.8. The molecule has 0 radical (unpaired) electrons. The van der Waals surface area contributed by atoms with Crippen LogP contribution < -0.4 is 0 Å². The summed E-state index contributed by atoms with van der Waals surface area (Å²) in [4.78, 5) is 37.8. The largest absolute Gasteiger partial charge is 0.462 e. The molecule has 3 aromatic rings. The number of hydrogen-bond acceptors (Lipinski definition) is 7. The van der Waals surface area contributed by atoms with Crippen LogP contribution in [0.3, 0.4) is 0 Å². The Morgan fingerprint density at radius 3 is 1.53 bits per heavy atom. The number of aliphatic hydroxyl groups is 1. The molecular weight excluding hydrogens is 436 g/mol. The molecule has 0 amide bonds. The van der Waals surface area contributed by atoms with Crippen LogP contribution in [0.2, 0.25) is 0 Å². The van der Waals surface area contributed by atoms with E-state index in [0.29, 0.717) is 16.7 Å². The molecule has 7 heteroatoms. The van der Waals surface area contributed by atoms with Gasteiger partial charge in [0.05, 0.1) is 29.4 Å². The third kappa shape index (κ3) is 5.50. The van der Waals surface area contributed by atoms with Crippen molar-refractivity contribution in [1.82, 2.24) is 0 Å². The SMILES string of the molecule is O=C(OC[C@H]1C[C@H](O)C(OC(=O)c2ccccc2)[C@H]1OC(=O)c1ccccc1)c1ccccc1. The van der Waals surface area contributed by atoms with Crippen molar-refractivity contribution in [3.05, 3.63) is 108 Å². The first-order valence-electron chi connectivity index (χ1n) is 10.9. The molecule has 1 N–H and O–H groups in total. The van der Waals surface area contributed by atoms with Gasteiger partial charge in [0.25, 0.3) is 0 Å². The van der Waals surface area contributed by atoms with E-state index < -0.39 is 42.1 Å². The lowest BCUT2D eigenvalue weighted by molar-refractivity contribution is -0.0636. The van der Waals surface area contributed by atoms with Gasteiger partial charge in [-0.05, 0) is 42.8 Å². The predicted octanol–water partition coefficient (Wildman–Crippen LogP) is 3.68. The van der Waals surface area contributed by atoms with Crippen molar-refractivity contribution in [3.8, 4) is 0 Å². The molecule has 0 aliphatic heterocycles. The summed E-state index contributed by atoms with van der Waals surface area (Å²) in [5, 5.41) is 10.7. The second-order valence-corrected chi connectivity index (χ2v) is 8.00. The second-order valence-electron chi connectivity index (χ2n) is 8.00. The van der Waals surface area contributed by atoms with E-state index in [9.17, 15) is 19.5 Å². The average molecular weight is 460 g/mol. The van der Waals surface area contributed by atoms with Gasteiger partial charge in [0.1, 0.15) is 6.10 Å². The molecule has 0 saturated heterocycles. The highest BCUT2D eigenvalue weighted by atomic mass is 16.6. The molecule has 0 aromatic heterocycles. The Labute approximate surface area is 196 Å². The smallest absolute Gasteiger partial charge is 0.338 e. The lowest BCUT2D eigenvalue weighted by Gasteiger charge is -2.25. The van der Waals surface area contributed by atoms with Crippen molar-refractivity contribution >= 4 is 17.9 Å². The number of aliphatic hydroxyl groups excluding tert-OH is 1. The highest BCUT2D eigenvalue weighted by Crippen LogP contribution is 2.33. The first kappa shape index (κ1) is 23.2. The third-order valence-corrected chi connectivity index (χ3v) is 5.66. The molecule has 1 saturated carbocycles. The minimum Gasteiger partial charge on any atom is -0.462 e. The molecule has 3 aromatic carbocycles. The van der Waals surface area contributed by atoms with Gasteiger partial charge in [-0.15, -0.1) is 0 Å². The van der Waals surface area contributed by atoms with E-state index in [1.54, 1.807) is 91.0 Å². The van der Waals surface area contributed by atoms with Crippen LogP contribution >= 0.6 is 0 Å². The molecular formula is C27H24O7. The minimum atomic E-state index is -1.11. The van der Waals surface area contributed by atoms with Gasteiger partial charge in [-0.3, -0.25) is 0 Å². The molecule has 0 bridgehead atoms. The Kier molecular flexibility index (Phi) is 7.34. The van der Waals surface area contributed by atoms with Gasteiger partial charge >= 0.3 is 17.9 Å². The molecule has 1 aliphatic carbocycles. The van der Waals surface area contributed by atoms with Crippen LogP contribution in [0.5, 0.6) is 0 Å². The van der Waals surface area contributed by atoms with E-state index in [2.05, 4.69) is 0 Å². The summed E-state index contributed by atoms with van der Waals surface area (Å²) in [6, 6.07) is 25.2. The van der Waals surface area contributed by atoms with Gasteiger partial charge < -0.3 is 19.3 Å². The highest BCUT2D eigenvalue weighted by molar-refractivity contribution is 5.90. The summed E-state index contributed by atoms with van der Waals surface area (Å²) in [7, 11) is 0. The summed E-state index contributed by atoms with van der Waals surface area (Å²) in [6.45, 7) is -0.114. The maximum absolute atomic E-state index is 12.8. The molecule has 7 nitrogen and oxygen atoms in total. The van der Waals surface area contributed by atoms with Gasteiger partial charge in [-0.25, -0.2) is 14.4 Å². The zero-order valence-electron chi connectivity index (χ0n) is 18.3. The van der Waals surface area contributed by atoms with Crippen molar-refractivity contribution in [3.63, 3.8) is 0 Å². The van der Waals surface area contributed by atoms with Gasteiger partial charge in [0.2, 0.25) is 0 Å². The van der Waals surface area contributed by atoms with E-state index in [0.717, 1.165) is 0 Å². The van der Waals surface area contributed by atoms with E-state index in [-0.39, 0.29) is 13.0 Å². The van der Waals surface area contributed by atoms with Crippen LogP contribution in [0.1, 0.15) is 37.5 Å². The molecule has 1 unspecified atom stereocenters. The number of hydrogen-bond donors (Lipinski definition) is 1. The lowest BCUT2D eigenvalue weighted by Crippen LogP contribution is -2.40. The summed E-state index contributed by atoms with van der Waals surface area (Å²) in [6.07, 6.45) is -3.08. The predicted molar refractivity (Wildman–Crippen MR) is 122 cm³/mol. The van der Waals surface area contributed by atoms with Crippen molar-refractivity contribution in [2.75, 3.05) is 6.61 Å². The molecule has 1 fully saturated rings. The van der Waals surface area contributed by atoms with Gasteiger partial charge in [0, 0.05) is 5.92 Å². The first-order chi connectivity index (χ1) is 16.5. The summed E-state index contributed by atoms with van der Waals surface area (Å²) < 4.78 is 16.7. The zero-order chi connectivity index (χ0) is 23.9. The highest BCUT2D eigenvalue weighted by Gasteiger charge is 2.48. The number of esters is 3. The minimum absolute atomic E-state index is 0.114. The fourth-order valence-corrected chi connectivity index (χ4v) is 3.91. The van der Waals surface area contributed by atoms with Crippen LogP contribution in [-0.2, 0) is 14.2 Å². The number of carbonyl (C=O) groups excluding carboxylic acids is 3. The Balaban J connectivity index is 1.51. The van der Waals surface area contributed by atoms with Crippen LogP contribution in [-0.4, -0.2) is 47.9 Å². The van der Waals surface area contributed by atoms with Gasteiger partial charge in [-0.1, -0.05) is 54.6 Å². The van der Waals surface area contributed by atoms with E-state index in [1.165, 1.54) is 0 Å². The van der Waals surface area contributed by atoms with Crippen LogP contribution in [0.25, 0.3) is 0 Å². The molecule has 1 aliphatic rings. The Hall–Kier alpha value is -3.97. The number of carbonyl (C=O) groups is 3. The fraction of sp³-hybridized carbons (Fsp3) is 0.222. The maximum Gasteiger partial charge on any atom is 0.338 e.